The van der Waals surface area contributed by atoms with Gasteiger partial charge in [-0.1, -0.05) is 12.1 Å². The fourth-order valence-corrected chi connectivity index (χ4v) is 2.41. The Morgan fingerprint density at radius 2 is 1.89 bits per heavy atom. The first kappa shape index (κ1) is 20.7. The molecule has 0 fully saturated rings. The number of nitrogens with two attached hydrogens (primary N) is 1. The van der Waals surface area contributed by atoms with E-state index in [0.717, 1.165) is 5.56 Å². The first-order chi connectivity index (χ1) is 13.4. The van der Waals surface area contributed by atoms with Gasteiger partial charge in [-0.3, -0.25) is 14.9 Å². The van der Waals surface area contributed by atoms with Crippen LogP contribution in [-0.4, -0.2) is 30.3 Å². The number of rotatable bonds is 9. The van der Waals surface area contributed by atoms with Gasteiger partial charge in [-0.2, -0.15) is 5.10 Å². The van der Waals surface area contributed by atoms with Crippen LogP contribution in [0.4, 0.5) is 11.4 Å². The average molecular weight is 386 g/mol. The topological polar surface area (TPSA) is 129 Å². The molecule has 0 radical (unpaired) electrons. The molecule has 0 aliphatic rings. The molecule has 0 aliphatic heterocycles. The summed E-state index contributed by atoms with van der Waals surface area (Å²) >= 11 is 0. The molecule has 28 heavy (non-hydrogen) atoms. The van der Waals surface area contributed by atoms with E-state index in [1.165, 1.54) is 12.3 Å². The fraction of sp³-hybridized carbons (Fsp3) is 0.263. The monoisotopic (exact) mass is 386 g/mol. The van der Waals surface area contributed by atoms with Crippen molar-refractivity contribution in [1.82, 2.24) is 5.43 Å². The molecule has 0 bridgehead atoms. The maximum Gasteiger partial charge on any atom is 0.315 e. The quantitative estimate of drug-likeness (QED) is 0.295. The molecule has 0 unspecified atom stereocenters. The molecule has 1 amide bonds. The Morgan fingerprint density at radius 3 is 2.50 bits per heavy atom. The van der Waals surface area contributed by atoms with Crippen molar-refractivity contribution in [2.75, 3.05) is 18.9 Å². The van der Waals surface area contributed by atoms with Crippen molar-refractivity contribution in [2.45, 2.75) is 20.3 Å². The minimum absolute atomic E-state index is 0.0684. The summed E-state index contributed by atoms with van der Waals surface area (Å²) in [6.45, 7) is 4.07. The molecule has 2 rings (SSSR count). The largest absolute Gasteiger partial charge is 0.490 e. The third-order valence-electron chi connectivity index (χ3n) is 3.59. The van der Waals surface area contributed by atoms with Crippen molar-refractivity contribution in [3.63, 3.8) is 0 Å². The number of anilines is 1. The van der Waals surface area contributed by atoms with Gasteiger partial charge < -0.3 is 15.2 Å². The van der Waals surface area contributed by atoms with Gasteiger partial charge in [0.05, 0.1) is 30.8 Å². The van der Waals surface area contributed by atoms with Crippen LogP contribution in [0.5, 0.6) is 11.5 Å². The van der Waals surface area contributed by atoms with E-state index in [9.17, 15) is 14.9 Å². The second-order valence-electron chi connectivity index (χ2n) is 5.70. The summed E-state index contributed by atoms with van der Waals surface area (Å²) in [7, 11) is 0. The molecule has 0 aromatic heterocycles. The van der Waals surface area contributed by atoms with Gasteiger partial charge in [-0.25, -0.2) is 5.43 Å². The van der Waals surface area contributed by atoms with Crippen LogP contribution in [0.1, 0.15) is 25.0 Å². The van der Waals surface area contributed by atoms with Gasteiger partial charge in [0.2, 0.25) is 11.7 Å². The lowest BCUT2D eigenvalue weighted by Gasteiger charge is -2.11. The zero-order valence-electron chi connectivity index (χ0n) is 15.7. The van der Waals surface area contributed by atoms with E-state index in [1.807, 2.05) is 0 Å². The minimum atomic E-state index is -0.551. The van der Waals surface area contributed by atoms with Gasteiger partial charge in [0, 0.05) is 17.3 Å². The summed E-state index contributed by atoms with van der Waals surface area (Å²) in [5.74, 6) is -0.0152. The minimum Gasteiger partial charge on any atom is -0.490 e. The lowest BCUT2D eigenvalue weighted by molar-refractivity contribution is -0.385. The van der Waals surface area contributed by atoms with E-state index in [1.54, 1.807) is 44.2 Å². The van der Waals surface area contributed by atoms with Gasteiger partial charge in [-0.05, 0) is 37.6 Å². The van der Waals surface area contributed by atoms with Gasteiger partial charge in [0.15, 0.2) is 5.75 Å². The Labute approximate surface area is 162 Å². The van der Waals surface area contributed by atoms with Gasteiger partial charge in [0.1, 0.15) is 0 Å². The molecule has 2 aromatic rings. The summed E-state index contributed by atoms with van der Waals surface area (Å²) in [5.41, 5.74) is 9.56. The Kier molecular flexibility index (Phi) is 7.32. The van der Waals surface area contributed by atoms with Crippen LogP contribution in [0.2, 0.25) is 0 Å². The molecular formula is C19H22N4O5. The molecule has 0 aliphatic carbocycles. The van der Waals surface area contributed by atoms with Crippen LogP contribution in [-0.2, 0) is 11.2 Å². The number of carbonyl (C=O) groups excluding carboxylic acids is 1. The van der Waals surface area contributed by atoms with Crippen molar-refractivity contribution in [2.24, 2.45) is 5.10 Å². The van der Waals surface area contributed by atoms with Crippen LogP contribution in [0, 0.1) is 10.1 Å². The van der Waals surface area contributed by atoms with E-state index in [0.29, 0.717) is 17.9 Å². The van der Waals surface area contributed by atoms with E-state index in [2.05, 4.69) is 10.5 Å². The number of hydrogen-bond donors (Lipinski definition) is 2. The van der Waals surface area contributed by atoms with Crippen molar-refractivity contribution >= 4 is 23.5 Å². The van der Waals surface area contributed by atoms with Crippen LogP contribution >= 0.6 is 0 Å². The molecular weight excluding hydrogens is 364 g/mol. The van der Waals surface area contributed by atoms with Gasteiger partial charge >= 0.3 is 5.69 Å². The normalized spacial score (nSPS) is 10.6. The van der Waals surface area contributed by atoms with Crippen molar-refractivity contribution in [3.05, 3.63) is 57.6 Å². The highest BCUT2D eigenvalue weighted by Crippen LogP contribution is 2.38. The Morgan fingerprint density at radius 1 is 1.21 bits per heavy atom. The predicted molar refractivity (Wildman–Crippen MR) is 106 cm³/mol. The molecule has 148 valence electrons. The number of amides is 1. The summed E-state index contributed by atoms with van der Waals surface area (Å²) in [6.07, 6.45) is 1.44. The summed E-state index contributed by atoms with van der Waals surface area (Å²) in [4.78, 5) is 22.8. The van der Waals surface area contributed by atoms with E-state index < -0.39 is 4.92 Å². The number of hydrazone groups is 1. The van der Waals surface area contributed by atoms with Gasteiger partial charge in [0.25, 0.3) is 0 Å². The molecule has 9 nitrogen and oxygen atoms in total. The highest BCUT2D eigenvalue weighted by atomic mass is 16.6. The number of nitrogens with zero attached hydrogens (tertiary/aromatic N) is 2. The van der Waals surface area contributed by atoms with Crippen molar-refractivity contribution in [3.8, 4) is 11.5 Å². The lowest BCUT2D eigenvalue weighted by atomic mass is 10.1. The zero-order valence-corrected chi connectivity index (χ0v) is 15.7. The van der Waals surface area contributed by atoms with Crippen LogP contribution in [0.25, 0.3) is 0 Å². The highest BCUT2D eigenvalue weighted by Gasteiger charge is 2.22. The molecule has 2 aromatic carbocycles. The smallest absolute Gasteiger partial charge is 0.315 e. The standard InChI is InChI=1S/C19H22N4O5/c1-3-27-17-10-14(9-16(23(25)26)19(17)28-4-2)12-21-22-18(24)11-13-5-7-15(20)8-6-13/h5-10,12H,3-4,11,20H2,1-2H3,(H,22,24)/b21-12-. The molecule has 0 spiro atoms. The number of nitrogen functional groups attached to an aromatic ring is 1. The Balaban J connectivity index is 2.14. The number of nitro groups is 1. The number of ether oxygens (including phenoxy) is 2. The van der Waals surface area contributed by atoms with Crippen molar-refractivity contribution in [1.29, 1.82) is 0 Å². The number of benzene rings is 2. The maximum atomic E-state index is 12.0. The Hall–Kier alpha value is -3.62. The molecule has 9 heteroatoms. The maximum absolute atomic E-state index is 12.0. The van der Waals surface area contributed by atoms with E-state index in [4.69, 9.17) is 15.2 Å². The number of carbonyl (C=O) groups is 1. The number of hydrogen-bond acceptors (Lipinski definition) is 7. The second-order valence-corrected chi connectivity index (χ2v) is 5.70. The van der Waals surface area contributed by atoms with Crippen LogP contribution in [0.15, 0.2) is 41.5 Å². The number of nitro benzene ring substituents is 1. The molecule has 3 N–H and O–H groups in total. The van der Waals surface area contributed by atoms with Crippen molar-refractivity contribution < 1.29 is 19.2 Å². The highest BCUT2D eigenvalue weighted by molar-refractivity contribution is 5.85. The number of nitrogens with one attached hydrogen (secondary N) is 1. The van der Waals surface area contributed by atoms with Crippen LogP contribution < -0.4 is 20.6 Å². The second kappa shape index (κ2) is 9.91. The predicted octanol–water partition coefficient (Wildman–Crippen LogP) is 2.67. The molecule has 0 atom stereocenters. The lowest BCUT2D eigenvalue weighted by Crippen LogP contribution is -2.19. The van der Waals surface area contributed by atoms with E-state index >= 15 is 0 Å². The SMILES string of the molecule is CCOc1cc(/C=N\NC(=O)Cc2ccc(N)cc2)cc([N+](=O)[O-])c1OCC. The fourth-order valence-electron chi connectivity index (χ4n) is 2.41. The third kappa shape index (κ3) is 5.70. The molecule has 0 heterocycles. The molecule has 0 saturated carbocycles. The molecule has 0 saturated heterocycles. The summed E-state index contributed by atoms with van der Waals surface area (Å²) < 4.78 is 10.8. The third-order valence-corrected chi connectivity index (χ3v) is 3.59. The summed E-state index contributed by atoms with van der Waals surface area (Å²) in [5, 5.41) is 15.2. The van der Waals surface area contributed by atoms with Crippen LogP contribution in [0.3, 0.4) is 0 Å². The first-order valence-corrected chi connectivity index (χ1v) is 8.69. The van der Waals surface area contributed by atoms with Gasteiger partial charge in [-0.15, -0.1) is 0 Å². The summed E-state index contributed by atoms with van der Waals surface area (Å²) in [6, 6.07) is 9.80. The average Bonchev–Trinajstić information content (AvgIpc) is 2.65. The Bertz CT molecular complexity index is 865. The first-order valence-electron chi connectivity index (χ1n) is 8.69. The van der Waals surface area contributed by atoms with E-state index in [-0.39, 0.29) is 36.1 Å². The zero-order chi connectivity index (χ0) is 20.5.